The van der Waals surface area contributed by atoms with Crippen LogP contribution in [0.3, 0.4) is 0 Å². The highest BCUT2D eigenvalue weighted by atomic mass is 32.2. The zero-order valence-corrected chi connectivity index (χ0v) is 17.0. The molecule has 0 aliphatic rings. The highest BCUT2D eigenvalue weighted by Crippen LogP contribution is 2.32. The van der Waals surface area contributed by atoms with Gasteiger partial charge in [0.05, 0.1) is 7.11 Å². The minimum Gasteiger partial charge on any atom is -0.507 e. The Morgan fingerprint density at radius 3 is 2.42 bits per heavy atom. The number of hydrazine groups is 1. The Balaban J connectivity index is 1.81. The van der Waals surface area contributed by atoms with E-state index in [2.05, 4.69) is 10.9 Å². The normalized spacial score (nSPS) is 11.4. The second-order valence-corrected chi connectivity index (χ2v) is 6.91. The number of hydrogen-bond acceptors (Lipinski definition) is 7. The largest absolute Gasteiger partial charge is 0.507 e. The molecule has 1 unspecified atom stereocenters. The number of phenols is 1. The van der Waals surface area contributed by atoms with Crippen LogP contribution < -0.4 is 24.9 Å². The average Bonchev–Trinajstić information content (AvgIpc) is 2.76. The topological polar surface area (TPSA) is 141 Å². The molecule has 0 heterocycles. The molecule has 5 N–H and O–H groups in total. The van der Waals surface area contributed by atoms with Gasteiger partial charge in [0.25, 0.3) is 11.3 Å². The Kier molecular flexibility index (Phi) is 6.92. The van der Waals surface area contributed by atoms with Gasteiger partial charge in [0.15, 0.2) is 5.75 Å². The summed E-state index contributed by atoms with van der Waals surface area (Å²) in [6.07, 6.45) is 0. The van der Waals surface area contributed by atoms with Gasteiger partial charge in [0.2, 0.25) is 0 Å². The summed E-state index contributed by atoms with van der Waals surface area (Å²) in [6, 6.07) is 17.7. The number of para-hydroxylation sites is 1. The van der Waals surface area contributed by atoms with Crippen LogP contribution in [0.1, 0.15) is 10.4 Å². The van der Waals surface area contributed by atoms with E-state index in [0.29, 0.717) is 5.69 Å². The summed E-state index contributed by atoms with van der Waals surface area (Å²) in [6.45, 7) is 0. The number of carboxylic acid groups (broad SMARTS) is 1. The molecule has 0 amide bonds. The minimum absolute atomic E-state index is 0.00742. The lowest BCUT2D eigenvalue weighted by Gasteiger charge is -2.23. The van der Waals surface area contributed by atoms with Crippen LogP contribution in [0, 0.1) is 0 Å². The Morgan fingerprint density at radius 1 is 1.03 bits per heavy atom. The van der Waals surface area contributed by atoms with Gasteiger partial charge in [-0.3, -0.25) is 4.55 Å². The lowest BCUT2D eigenvalue weighted by atomic mass is 10.2. The SMILES string of the molecule is COc1cc(Nc2ccccc2)ccc1N(NOc1ccc(O)c(C(=O)O)c1)S(=O)O. The molecule has 0 saturated heterocycles. The van der Waals surface area contributed by atoms with E-state index in [1.165, 1.54) is 19.2 Å². The standard InChI is InChI=1S/C20H19N3O7S/c1-29-19-11-14(21-13-5-3-2-4-6-13)7-9-17(19)23(31(27)28)22-30-15-8-10-18(24)16(12-15)20(25)26/h2-12,21-22,24H,1H3,(H,25,26)(H,27,28). The average molecular weight is 445 g/mol. The van der Waals surface area contributed by atoms with E-state index >= 15 is 0 Å². The maximum atomic E-state index is 11.9. The number of aromatic carboxylic acids is 1. The first-order valence-corrected chi connectivity index (χ1v) is 9.85. The fourth-order valence-electron chi connectivity index (χ4n) is 2.62. The first-order chi connectivity index (χ1) is 14.9. The van der Waals surface area contributed by atoms with E-state index in [1.54, 1.807) is 12.1 Å². The number of benzene rings is 3. The molecule has 0 bridgehead atoms. The first kappa shape index (κ1) is 21.9. The number of methoxy groups -OCH3 is 1. The van der Waals surface area contributed by atoms with Crippen molar-refractivity contribution >= 4 is 34.3 Å². The van der Waals surface area contributed by atoms with Crippen molar-refractivity contribution in [3.63, 3.8) is 0 Å². The van der Waals surface area contributed by atoms with Gasteiger partial charge in [-0.15, -0.1) is 0 Å². The van der Waals surface area contributed by atoms with Gasteiger partial charge in [0.1, 0.15) is 22.7 Å². The van der Waals surface area contributed by atoms with E-state index in [4.69, 9.17) is 14.7 Å². The summed E-state index contributed by atoms with van der Waals surface area (Å²) < 4.78 is 27.7. The highest BCUT2D eigenvalue weighted by molar-refractivity contribution is 7.80. The van der Waals surface area contributed by atoms with Crippen LogP contribution in [0.5, 0.6) is 17.2 Å². The number of hydrogen-bond donors (Lipinski definition) is 5. The Hall–Kier alpha value is -3.80. The van der Waals surface area contributed by atoms with Crippen molar-refractivity contribution in [2.45, 2.75) is 0 Å². The summed E-state index contributed by atoms with van der Waals surface area (Å²) in [4.78, 5) is 16.4. The van der Waals surface area contributed by atoms with E-state index in [1.807, 2.05) is 30.3 Å². The molecule has 0 radical (unpaired) electrons. The number of anilines is 3. The highest BCUT2D eigenvalue weighted by Gasteiger charge is 2.19. The Bertz CT molecular complexity index is 1100. The van der Waals surface area contributed by atoms with Gasteiger partial charge in [-0.2, -0.15) is 4.41 Å². The van der Waals surface area contributed by atoms with Crippen LogP contribution in [0.15, 0.2) is 66.7 Å². The van der Waals surface area contributed by atoms with Crippen molar-refractivity contribution in [1.82, 2.24) is 5.59 Å². The lowest BCUT2D eigenvalue weighted by molar-refractivity contribution is 0.0692. The smallest absolute Gasteiger partial charge is 0.339 e. The quantitative estimate of drug-likeness (QED) is 0.248. The molecule has 1 atom stereocenters. The van der Waals surface area contributed by atoms with Gasteiger partial charge in [-0.05, 0) is 36.4 Å². The fourth-order valence-corrected chi connectivity index (χ4v) is 3.04. The molecule has 162 valence electrons. The van der Waals surface area contributed by atoms with E-state index < -0.39 is 23.0 Å². The number of nitrogens with one attached hydrogen (secondary N) is 2. The molecular formula is C20H19N3O7S. The number of aromatic hydroxyl groups is 1. The van der Waals surface area contributed by atoms with Crippen LogP contribution in [-0.4, -0.2) is 32.1 Å². The summed E-state index contributed by atoms with van der Waals surface area (Å²) in [7, 11) is 1.41. The Labute approximate surface area is 180 Å². The molecule has 0 fully saturated rings. The third-order valence-corrected chi connectivity index (χ3v) is 4.65. The van der Waals surface area contributed by atoms with Gasteiger partial charge in [-0.25, -0.2) is 9.00 Å². The van der Waals surface area contributed by atoms with Crippen LogP contribution in [0.4, 0.5) is 17.1 Å². The molecule has 3 rings (SSSR count). The molecule has 3 aromatic carbocycles. The van der Waals surface area contributed by atoms with Gasteiger partial charge in [-0.1, -0.05) is 23.8 Å². The number of carboxylic acids is 1. The molecule has 0 aliphatic heterocycles. The lowest BCUT2D eigenvalue weighted by Crippen LogP contribution is -2.41. The number of ether oxygens (including phenoxy) is 1. The van der Waals surface area contributed by atoms with Crippen LogP contribution >= 0.6 is 0 Å². The second kappa shape index (κ2) is 9.80. The van der Waals surface area contributed by atoms with Crippen molar-refractivity contribution in [2.24, 2.45) is 0 Å². The Morgan fingerprint density at radius 2 is 1.77 bits per heavy atom. The number of nitrogens with zero attached hydrogens (tertiary/aromatic N) is 1. The number of rotatable bonds is 9. The molecule has 11 heteroatoms. The molecule has 10 nitrogen and oxygen atoms in total. The van der Waals surface area contributed by atoms with Crippen molar-refractivity contribution in [2.75, 3.05) is 16.8 Å². The maximum Gasteiger partial charge on any atom is 0.339 e. The summed E-state index contributed by atoms with van der Waals surface area (Å²) in [5.41, 5.74) is 3.62. The van der Waals surface area contributed by atoms with Crippen molar-refractivity contribution < 1.29 is 33.3 Å². The second-order valence-electron chi connectivity index (χ2n) is 6.08. The zero-order chi connectivity index (χ0) is 22.4. The van der Waals surface area contributed by atoms with E-state index in [0.717, 1.165) is 22.2 Å². The van der Waals surface area contributed by atoms with E-state index in [9.17, 15) is 18.7 Å². The minimum atomic E-state index is -2.57. The molecule has 31 heavy (non-hydrogen) atoms. The summed E-state index contributed by atoms with van der Waals surface area (Å²) in [5, 5.41) is 21.8. The third-order valence-electron chi connectivity index (χ3n) is 4.06. The molecule has 0 aromatic heterocycles. The molecule has 3 aromatic rings. The third kappa shape index (κ3) is 5.42. The van der Waals surface area contributed by atoms with Crippen LogP contribution in [-0.2, 0) is 11.3 Å². The molecule has 0 aliphatic carbocycles. The van der Waals surface area contributed by atoms with Crippen LogP contribution in [0.25, 0.3) is 0 Å². The van der Waals surface area contributed by atoms with Gasteiger partial charge in [0, 0.05) is 23.5 Å². The van der Waals surface area contributed by atoms with Gasteiger partial charge >= 0.3 is 5.97 Å². The van der Waals surface area contributed by atoms with Crippen molar-refractivity contribution in [1.29, 1.82) is 0 Å². The predicted octanol–water partition coefficient (Wildman–Crippen LogP) is 3.28. The summed E-state index contributed by atoms with van der Waals surface area (Å²) >= 11 is -2.57. The summed E-state index contributed by atoms with van der Waals surface area (Å²) in [5.74, 6) is -1.54. The first-order valence-electron chi connectivity index (χ1n) is 8.79. The fraction of sp³-hybridized carbons (Fsp3) is 0.0500. The maximum absolute atomic E-state index is 11.9. The predicted molar refractivity (Wildman–Crippen MR) is 115 cm³/mol. The molecular weight excluding hydrogens is 426 g/mol. The monoisotopic (exact) mass is 445 g/mol. The molecule has 0 spiro atoms. The van der Waals surface area contributed by atoms with Gasteiger partial charge < -0.3 is 25.1 Å². The van der Waals surface area contributed by atoms with Crippen molar-refractivity contribution in [3.05, 3.63) is 72.3 Å². The molecule has 0 saturated carbocycles. The van der Waals surface area contributed by atoms with Crippen molar-refractivity contribution in [3.8, 4) is 17.2 Å². The zero-order valence-electron chi connectivity index (χ0n) is 16.2. The number of carbonyl (C=O) groups is 1. The van der Waals surface area contributed by atoms with E-state index in [-0.39, 0.29) is 22.7 Å². The van der Waals surface area contributed by atoms with Crippen LogP contribution in [0.2, 0.25) is 0 Å².